The molecule has 0 saturated carbocycles. The van der Waals surface area contributed by atoms with Gasteiger partial charge in [-0.3, -0.25) is 19.2 Å². The van der Waals surface area contributed by atoms with Crippen molar-refractivity contribution in [3.63, 3.8) is 0 Å². The molecule has 1 aliphatic rings. The number of nitrogen functional groups attached to an aromatic ring is 1. The maximum atomic E-state index is 14.0. The fourth-order valence-electron chi connectivity index (χ4n) is 5.21. The van der Waals surface area contributed by atoms with Gasteiger partial charge in [-0.15, -0.1) is 0 Å². The number of carbonyl (C=O) groups is 7. The van der Waals surface area contributed by atoms with E-state index in [0.717, 1.165) is 0 Å². The second kappa shape index (κ2) is 18.0. The molecule has 1 aliphatic heterocycles. The number of aromatic hydroxyl groups is 1. The molecule has 15 nitrogen and oxygen atoms in total. The average molecular weight is 720 g/mol. The van der Waals surface area contributed by atoms with Crippen LogP contribution in [0, 0.1) is 23.2 Å². The summed E-state index contributed by atoms with van der Waals surface area (Å²) in [6.45, 7) is 15.7. The molecule has 51 heavy (non-hydrogen) atoms. The number of hydrogen-bond donors (Lipinski definition) is 4. The van der Waals surface area contributed by atoms with Crippen molar-refractivity contribution < 1.29 is 57.6 Å². The van der Waals surface area contributed by atoms with E-state index in [0.29, 0.717) is 6.42 Å². The van der Waals surface area contributed by atoms with Crippen molar-refractivity contribution in [1.29, 1.82) is 0 Å². The SMILES string of the molecule is CCC(C)[C@@H]1OC(=O)[C@H](C)OC(=O)[C@@H](NC(=O)c2cccc(N)c2O)[C@@H](C)OC(=O)[C@H](CC(C)C)OC(=O)C(C)(C)C(=O)[C@H](CC(C)C)NC1=O. The topological polar surface area (TPSA) is 227 Å². The Morgan fingerprint density at radius 3 is 2.08 bits per heavy atom. The van der Waals surface area contributed by atoms with Crippen molar-refractivity contribution in [1.82, 2.24) is 10.6 Å². The Kier molecular flexibility index (Phi) is 15.0. The number of rotatable bonds is 8. The van der Waals surface area contributed by atoms with Gasteiger partial charge in [-0.05, 0) is 70.9 Å². The van der Waals surface area contributed by atoms with E-state index in [9.17, 15) is 38.7 Å². The average Bonchev–Trinajstić information content (AvgIpc) is 3.04. The number of anilines is 1. The summed E-state index contributed by atoms with van der Waals surface area (Å²) in [6.07, 6.45) is -5.62. The first kappa shape index (κ1) is 42.5. The van der Waals surface area contributed by atoms with E-state index in [1.165, 1.54) is 45.9 Å². The summed E-state index contributed by atoms with van der Waals surface area (Å²) in [4.78, 5) is 95.0. The number of amides is 2. The van der Waals surface area contributed by atoms with Gasteiger partial charge in [0.2, 0.25) is 0 Å². The number of para-hydroxylation sites is 1. The second-order valence-electron chi connectivity index (χ2n) is 14.4. The lowest BCUT2D eigenvalue weighted by Crippen LogP contribution is -2.55. The van der Waals surface area contributed by atoms with Crippen molar-refractivity contribution in [3.8, 4) is 5.75 Å². The summed E-state index contributed by atoms with van der Waals surface area (Å²) in [5, 5.41) is 15.4. The fourth-order valence-corrected chi connectivity index (χ4v) is 5.21. The minimum atomic E-state index is -1.86. The minimum Gasteiger partial charge on any atom is -0.505 e. The molecule has 5 N–H and O–H groups in total. The molecule has 2 amide bonds. The molecule has 0 bridgehead atoms. The van der Waals surface area contributed by atoms with Crippen LogP contribution in [0.5, 0.6) is 5.75 Å². The normalized spacial score (nSPS) is 26.2. The van der Waals surface area contributed by atoms with Crippen LogP contribution in [0.2, 0.25) is 0 Å². The number of cyclic esters (lactones) is 4. The van der Waals surface area contributed by atoms with E-state index in [1.807, 2.05) is 13.8 Å². The summed E-state index contributed by atoms with van der Waals surface area (Å²) < 4.78 is 22.1. The van der Waals surface area contributed by atoms with Crippen molar-refractivity contribution in [2.24, 2.45) is 23.2 Å². The number of hydrogen-bond acceptors (Lipinski definition) is 13. The zero-order chi connectivity index (χ0) is 39.0. The van der Waals surface area contributed by atoms with Crippen LogP contribution in [0.1, 0.15) is 98.9 Å². The van der Waals surface area contributed by atoms with E-state index < -0.39 is 95.1 Å². The molecule has 15 heteroatoms. The van der Waals surface area contributed by atoms with Gasteiger partial charge < -0.3 is 40.4 Å². The van der Waals surface area contributed by atoms with Gasteiger partial charge in [-0.1, -0.05) is 47.6 Å². The van der Waals surface area contributed by atoms with E-state index >= 15 is 0 Å². The van der Waals surface area contributed by atoms with Crippen LogP contribution >= 0.6 is 0 Å². The number of nitrogens with two attached hydrogens (primary N) is 1. The molecule has 1 unspecified atom stereocenters. The Hall–Kier alpha value is -4.69. The predicted octanol–water partition coefficient (Wildman–Crippen LogP) is 2.99. The van der Waals surface area contributed by atoms with E-state index in [-0.39, 0.29) is 35.9 Å². The molecule has 1 aromatic rings. The molecular weight excluding hydrogens is 666 g/mol. The third kappa shape index (κ3) is 11.1. The Balaban J connectivity index is 2.67. The number of esters is 4. The first-order chi connectivity index (χ1) is 23.6. The minimum absolute atomic E-state index is 0.0359. The number of nitrogens with one attached hydrogen (secondary N) is 2. The number of ketones is 1. The third-order valence-electron chi connectivity index (χ3n) is 8.58. The summed E-state index contributed by atoms with van der Waals surface area (Å²) in [7, 11) is 0. The zero-order valence-corrected chi connectivity index (χ0v) is 31.1. The molecule has 1 aromatic carbocycles. The fraction of sp³-hybridized carbons (Fsp3) is 0.639. The van der Waals surface area contributed by atoms with Crippen molar-refractivity contribution in [2.75, 3.05) is 5.73 Å². The summed E-state index contributed by atoms with van der Waals surface area (Å²) in [5.41, 5.74) is 3.42. The summed E-state index contributed by atoms with van der Waals surface area (Å²) in [5.74, 6) is -8.45. The molecule has 284 valence electrons. The molecule has 0 spiro atoms. The van der Waals surface area contributed by atoms with Gasteiger partial charge in [0.05, 0.1) is 17.3 Å². The highest BCUT2D eigenvalue weighted by Crippen LogP contribution is 2.28. The third-order valence-corrected chi connectivity index (χ3v) is 8.58. The maximum Gasteiger partial charge on any atom is 0.347 e. The number of ether oxygens (including phenoxy) is 4. The van der Waals surface area contributed by atoms with Gasteiger partial charge in [0, 0.05) is 5.92 Å². The molecule has 0 radical (unpaired) electrons. The molecule has 0 aromatic heterocycles. The number of carbonyl (C=O) groups excluding carboxylic acids is 7. The van der Waals surface area contributed by atoms with E-state index in [2.05, 4.69) is 10.6 Å². The van der Waals surface area contributed by atoms with Crippen molar-refractivity contribution >= 4 is 47.2 Å². The number of phenolic OH excluding ortho intramolecular Hbond substituents is 1. The Morgan fingerprint density at radius 1 is 0.902 bits per heavy atom. The molecule has 7 atom stereocenters. The van der Waals surface area contributed by atoms with Gasteiger partial charge in [-0.25, -0.2) is 14.4 Å². The summed E-state index contributed by atoms with van der Waals surface area (Å²) in [6, 6.07) is 0.988. The van der Waals surface area contributed by atoms with E-state index in [1.54, 1.807) is 27.7 Å². The van der Waals surface area contributed by atoms with Crippen LogP contribution in [0.25, 0.3) is 0 Å². The lowest BCUT2D eigenvalue weighted by atomic mass is 9.81. The first-order valence-electron chi connectivity index (χ1n) is 17.2. The lowest BCUT2D eigenvalue weighted by Gasteiger charge is -2.32. The highest BCUT2D eigenvalue weighted by atomic mass is 16.6. The van der Waals surface area contributed by atoms with Crippen LogP contribution in [-0.4, -0.2) is 83.1 Å². The molecular formula is C36H53N3O12. The molecule has 1 heterocycles. The first-order valence-corrected chi connectivity index (χ1v) is 17.2. The van der Waals surface area contributed by atoms with Crippen LogP contribution < -0.4 is 16.4 Å². The summed E-state index contributed by atoms with van der Waals surface area (Å²) >= 11 is 0. The predicted molar refractivity (Wildman–Crippen MR) is 184 cm³/mol. The number of Topliss-reactive ketones (excluding diaryl/α,β-unsaturated/α-hetero) is 1. The van der Waals surface area contributed by atoms with Gasteiger partial charge in [0.1, 0.15) is 11.5 Å². The van der Waals surface area contributed by atoms with Gasteiger partial charge in [0.15, 0.2) is 35.9 Å². The Morgan fingerprint density at radius 2 is 1.51 bits per heavy atom. The molecule has 1 fully saturated rings. The number of phenols is 1. The highest BCUT2D eigenvalue weighted by molar-refractivity contribution is 6.07. The lowest BCUT2D eigenvalue weighted by molar-refractivity contribution is -0.183. The standard InChI is InChI=1S/C36H53N3O12/c1-11-19(6)28-31(43)38-24(15-17(2)3)29(41)36(9,10)35(47)50-25(16-18(4)5)33(45)48-20(7)26(34(46)49-21(8)32(44)51-28)39-30(42)22-13-12-14-23(37)27(22)40/h12-14,17-21,24-26,28,40H,11,15-16,37H2,1-10H3,(H,38,43)(H,39,42)/t19?,20-,21+,24+,25+,26+,28+/m1/s1. The van der Waals surface area contributed by atoms with Crippen LogP contribution in [0.15, 0.2) is 18.2 Å². The Bertz CT molecular complexity index is 1470. The largest absolute Gasteiger partial charge is 0.505 e. The smallest absolute Gasteiger partial charge is 0.347 e. The van der Waals surface area contributed by atoms with Gasteiger partial charge in [-0.2, -0.15) is 0 Å². The van der Waals surface area contributed by atoms with Crippen LogP contribution in [0.4, 0.5) is 5.69 Å². The quantitative estimate of drug-likeness (QED) is 0.0998. The monoisotopic (exact) mass is 719 g/mol. The van der Waals surface area contributed by atoms with Gasteiger partial charge >= 0.3 is 23.9 Å². The van der Waals surface area contributed by atoms with Crippen LogP contribution in [-0.2, 0) is 47.7 Å². The van der Waals surface area contributed by atoms with Gasteiger partial charge in [0.25, 0.3) is 11.8 Å². The van der Waals surface area contributed by atoms with Crippen molar-refractivity contribution in [3.05, 3.63) is 23.8 Å². The zero-order valence-electron chi connectivity index (χ0n) is 31.1. The number of benzene rings is 1. The molecule has 0 aliphatic carbocycles. The van der Waals surface area contributed by atoms with Crippen LogP contribution in [0.3, 0.4) is 0 Å². The Labute approximate surface area is 298 Å². The molecule has 1 saturated heterocycles. The highest BCUT2D eigenvalue weighted by Gasteiger charge is 2.46. The van der Waals surface area contributed by atoms with Crippen molar-refractivity contribution in [2.45, 2.75) is 125 Å². The second-order valence-corrected chi connectivity index (χ2v) is 14.4. The maximum absolute atomic E-state index is 14.0. The van der Waals surface area contributed by atoms with E-state index in [4.69, 9.17) is 24.7 Å². The molecule has 2 rings (SSSR count).